The van der Waals surface area contributed by atoms with Crippen LogP contribution in [0.5, 0.6) is 0 Å². The van der Waals surface area contributed by atoms with Crippen molar-refractivity contribution in [1.82, 2.24) is 4.90 Å². The Kier molecular flexibility index (Phi) is 4.27. The summed E-state index contributed by atoms with van der Waals surface area (Å²) >= 11 is 0. The molecule has 0 spiro atoms. The fraction of sp³-hybridized carbons (Fsp3) is 0.538. The van der Waals surface area contributed by atoms with Crippen LogP contribution in [0.25, 0.3) is 0 Å². The third-order valence-electron chi connectivity index (χ3n) is 3.32. The molecule has 0 aliphatic carbocycles. The third-order valence-corrected chi connectivity index (χ3v) is 3.32. The quantitative estimate of drug-likeness (QED) is 0.852. The smallest absolute Gasteiger partial charge is 0.245 e. The fourth-order valence-electron chi connectivity index (χ4n) is 2.34. The summed E-state index contributed by atoms with van der Waals surface area (Å²) in [6.07, 6.45) is -5.06. The average molecular weight is 257 g/mol. The predicted octanol–water partition coefficient (Wildman–Crippen LogP) is 1.11. The van der Waals surface area contributed by atoms with E-state index in [1.807, 2.05) is 30.3 Å². The molecule has 1 unspecified atom stereocenters. The first-order chi connectivity index (χ1) is 8.58. The van der Waals surface area contributed by atoms with Gasteiger partial charge in [0, 0.05) is 19.6 Å². The van der Waals surface area contributed by atoms with Gasteiger partial charge in [-0.3, -0.25) is 4.90 Å². The fourth-order valence-corrected chi connectivity index (χ4v) is 2.34. The van der Waals surface area contributed by atoms with E-state index in [0.717, 1.165) is 5.56 Å². The maximum absolute atomic E-state index is 12.8. The number of aliphatic hydroxyl groups excluding tert-OH is 2. The molecule has 1 aliphatic rings. The second-order valence-corrected chi connectivity index (χ2v) is 4.74. The second-order valence-electron chi connectivity index (χ2n) is 4.74. The molecule has 0 bridgehead atoms. The Morgan fingerprint density at radius 2 is 1.83 bits per heavy atom. The molecule has 2 N–H and O–H groups in total. The molecule has 1 saturated heterocycles. The lowest BCUT2D eigenvalue weighted by molar-refractivity contribution is -0.118. The van der Waals surface area contributed by atoms with E-state index in [1.54, 1.807) is 4.90 Å². The first kappa shape index (κ1) is 13.4. The van der Waals surface area contributed by atoms with Gasteiger partial charge in [-0.1, -0.05) is 30.3 Å². The van der Waals surface area contributed by atoms with Crippen LogP contribution in [-0.4, -0.2) is 46.8 Å². The van der Waals surface area contributed by atoms with E-state index in [9.17, 15) is 19.0 Å². The minimum Gasteiger partial charge on any atom is -0.390 e. The van der Waals surface area contributed by atoms with Gasteiger partial charge in [-0.25, -0.2) is 8.78 Å². The minimum atomic E-state index is -2.62. The van der Waals surface area contributed by atoms with E-state index in [2.05, 4.69) is 0 Å². The zero-order valence-electron chi connectivity index (χ0n) is 9.92. The Hall–Kier alpha value is -1.04. The number of benzene rings is 1. The van der Waals surface area contributed by atoms with Crippen molar-refractivity contribution in [2.75, 3.05) is 13.1 Å². The molecule has 3 nitrogen and oxygen atoms in total. The topological polar surface area (TPSA) is 43.7 Å². The lowest BCUT2D eigenvalue weighted by atomic mass is 9.92. The number of aliphatic hydroxyl groups is 2. The van der Waals surface area contributed by atoms with Crippen molar-refractivity contribution >= 4 is 0 Å². The first-order valence-corrected chi connectivity index (χ1v) is 5.98. The van der Waals surface area contributed by atoms with E-state index in [4.69, 9.17) is 0 Å². The van der Waals surface area contributed by atoms with Crippen molar-refractivity contribution in [3.8, 4) is 0 Å². The van der Waals surface area contributed by atoms with E-state index < -0.39 is 24.6 Å². The highest BCUT2D eigenvalue weighted by Gasteiger charge is 2.39. The van der Waals surface area contributed by atoms with Crippen LogP contribution in [0.3, 0.4) is 0 Å². The molecule has 1 fully saturated rings. The van der Waals surface area contributed by atoms with E-state index in [0.29, 0.717) is 6.54 Å². The molecule has 1 aromatic carbocycles. The lowest BCUT2D eigenvalue weighted by Gasteiger charge is -2.38. The Morgan fingerprint density at radius 1 is 1.17 bits per heavy atom. The summed E-state index contributed by atoms with van der Waals surface area (Å²) < 4.78 is 25.5. The maximum Gasteiger partial charge on any atom is 0.245 e. The van der Waals surface area contributed by atoms with Gasteiger partial charge in [-0.2, -0.15) is 0 Å². The summed E-state index contributed by atoms with van der Waals surface area (Å²) in [5.74, 6) is -1.18. The Morgan fingerprint density at radius 3 is 2.44 bits per heavy atom. The van der Waals surface area contributed by atoms with Crippen molar-refractivity contribution in [3.05, 3.63) is 35.9 Å². The lowest BCUT2D eigenvalue weighted by Crippen LogP contribution is -2.54. The average Bonchev–Trinajstić information content (AvgIpc) is 2.34. The SMILES string of the molecule is O[C@@H]1CN(Cc2ccccc2)CC(C(F)F)[C@H]1O. The number of nitrogens with zero attached hydrogens (tertiary/aromatic N) is 1. The monoisotopic (exact) mass is 257 g/mol. The Bertz CT molecular complexity index is 375. The molecule has 1 heterocycles. The molecule has 0 aromatic heterocycles. The molecule has 100 valence electrons. The standard InChI is InChI=1S/C13H17F2NO2/c14-13(15)10-7-16(8-11(17)12(10)18)6-9-4-2-1-3-5-9/h1-5,10-13,17-18H,6-8H2/t10?,11-,12-/m1/s1. The van der Waals surface area contributed by atoms with Crippen LogP contribution in [0.2, 0.25) is 0 Å². The van der Waals surface area contributed by atoms with Crippen molar-refractivity contribution in [2.45, 2.75) is 25.2 Å². The van der Waals surface area contributed by atoms with E-state index in [-0.39, 0.29) is 13.1 Å². The van der Waals surface area contributed by atoms with Gasteiger partial charge in [-0.15, -0.1) is 0 Å². The number of alkyl halides is 2. The molecule has 0 radical (unpaired) electrons. The molecule has 3 atom stereocenters. The summed E-state index contributed by atoms with van der Waals surface area (Å²) in [7, 11) is 0. The number of β-amino-alcohol motifs (C(OH)–C–C–N with tert-alkyl or cyclic N) is 1. The molecule has 0 amide bonds. The normalized spacial score (nSPS) is 29.7. The molecule has 2 rings (SSSR count). The zero-order valence-corrected chi connectivity index (χ0v) is 9.92. The number of rotatable bonds is 3. The summed E-state index contributed by atoms with van der Waals surface area (Å²) in [5, 5.41) is 19.2. The van der Waals surface area contributed by atoms with Gasteiger partial charge in [0.05, 0.1) is 18.1 Å². The van der Waals surface area contributed by atoms with Gasteiger partial charge in [0.15, 0.2) is 0 Å². The van der Waals surface area contributed by atoms with Gasteiger partial charge in [0.1, 0.15) is 0 Å². The van der Waals surface area contributed by atoms with Crippen LogP contribution in [0.15, 0.2) is 30.3 Å². The molecule has 18 heavy (non-hydrogen) atoms. The molecule has 5 heteroatoms. The summed E-state index contributed by atoms with van der Waals surface area (Å²) in [4.78, 5) is 1.75. The minimum absolute atomic E-state index is 0.102. The van der Waals surface area contributed by atoms with Crippen LogP contribution in [0.4, 0.5) is 8.78 Å². The Balaban J connectivity index is 2.02. The first-order valence-electron chi connectivity index (χ1n) is 5.98. The van der Waals surface area contributed by atoms with Gasteiger partial charge in [0.25, 0.3) is 0 Å². The third kappa shape index (κ3) is 3.04. The van der Waals surface area contributed by atoms with Gasteiger partial charge >= 0.3 is 0 Å². The van der Waals surface area contributed by atoms with Crippen LogP contribution in [0.1, 0.15) is 5.56 Å². The van der Waals surface area contributed by atoms with Crippen molar-refractivity contribution < 1.29 is 19.0 Å². The molecular weight excluding hydrogens is 240 g/mol. The van der Waals surface area contributed by atoms with Crippen molar-refractivity contribution in [2.24, 2.45) is 5.92 Å². The molecule has 1 aliphatic heterocycles. The number of likely N-dealkylation sites (tertiary alicyclic amines) is 1. The predicted molar refractivity (Wildman–Crippen MR) is 63.2 cm³/mol. The van der Waals surface area contributed by atoms with Gasteiger partial charge < -0.3 is 10.2 Å². The van der Waals surface area contributed by atoms with E-state index >= 15 is 0 Å². The Labute approximate surface area is 105 Å². The molecule has 1 aromatic rings. The summed E-state index contributed by atoms with van der Waals surface area (Å²) in [6, 6.07) is 9.48. The van der Waals surface area contributed by atoms with Crippen molar-refractivity contribution in [1.29, 1.82) is 0 Å². The van der Waals surface area contributed by atoms with Crippen LogP contribution in [-0.2, 0) is 6.54 Å². The highest BCUT2D eigenvalue weighted by Crippen LogP contribution is 2.24. The second kappa shape index (κ2) is 5.73. The zero-order chi connectivity index (χ0) is 13.1. The number of hydrogen-bond acceptors (Lipinski definition) is 3. The highest BCUT2D eigenvalue weighted by molar-refractivity contribution is 5.14. The summed E-state index contributed by atoms with van der Waals surface area (Å²) in [6.45, 7) is 0.831. The largest absolute Gasteiger partial charge is 0.390 e. The van der Waals surface area contributed by atoms with Gasteiger partial charge in [-0.05, 0) is 5.56 Å². The highest BCUT2D eigenvalue weighted by atomic mass is 19.3. The van der Waals surface area contributed by atoms with Crippen LogP contribution >= 0.6 is 0 Å². The van der Waals surface area contributed by atoms with Gasteiger partial charge in [0.2, 0.25) is 6.43 Å². The number of piperidine rings is 1. The maximum atomic E-state index is 12.8. The number of halogens is 2. The van der Waals surface area contributed by atoms with Crippen molar-refractivity contribution in [3.63, 3.8) is 0 Å². The molecule has 0 saturated carbocycles. The number of hydrogen-bond donors (Lipinski definition) is 2. The summed E-state index contributed by atoms with van der Waals surface area (Å²) in [5.41, 5.74) is 1.01. The van der Waals surface area contributed by atoms with Crippen LogP contribution < -0.4 is 0 Å². The van der Waals surface area contributed by atoms with E-state index in [1.165, 1.54) is 0 Å². The molecular formula is C13H17F2NO2. The van der Waals surface area contributed by atoms with Crippen LogP contribution in [0, 0.1) is 5.92 Å².